The SMILES string of the molecule is CC(=O)N1N=C(c2c(O)n(C)c(=O)n(C)c2=O)C[C@@H]1c1ccc(C)s1. The van der Waals surface area contributed by atoms with Crippen LogP contribution in [-0.2, 0) is 18.9 Å². The lowest BCUT2D eigenvalue weighted by atomic mass is 10.0. The van der Waals surface area contributed by atoms with E-state index >= 15 is 0 Å². The third-order valence-electron chi connectivity index (χ3n) is 4.24. The van der Waals surface area contributed by atoms with Crippen LogP contribution < -0.4 is 11.2 Å². The Labute approximate surface area is 147 Å². The fourth-order valence-corrected chi connectivity index (χ4v) is 3.85. The predicted molar refractivity (Wildman–Crippen MR) is 94.1 cm³/mol. The van der Waals surface area contributed by atoms with Gasteiger partial charge in [0.15, 0.2) is 0 Å². The number of hydrogen-bond acceptors (Lipinski definition) is 6. The lowest BCUT2D eigenvalue weighted by molar-refractivity contribution is -0.130. The van der Waals surface area contributed by atoms with Crippen molar-refractivity contribution in [3.8, 4) is 5.88 Å². The average Bonchev–Trinajstić information content (AvgIpc) is 3.18. The van der Waals surface area contributed by atoms with E-state index in [2.05, 4.69) is 5.10 Å². The van der Waals surface area contributed by atoms with Gasteiger partial charge < -0.3 is 5.11 Å². The van der Waals surface area contributed by atoms with E-state index in [-0.39, 0.29) is 17.5 Å². The number of aromatic nitrogens is 2. The molecule has 2 aromatic rings. The van der Waals surface area contributed by atoms with Gasteiger partial charge in [-0.1, -0.05) is 0 Å². The van der Waals surface area contributed by atoms with Crippen LogP contribution in [-0.4, -0.2) is 30.9 Å². The summed E-state index contributed by atoms with van der Waals surface area (Å²) in [6.07, 6.45) is 0.292. The Balaban J connectivity index is 2.14. The highest BCUT2D eigenvalue weighted by Gasteiger charge is 2.35. The molecule has 3 rings (SSSR count). The normalized spacial score (nSPS) is 17.0. The minimum Gasteiger partial charge on any atom is -0.494 e. The van der Waals surface area contributed by atoms with E-state index in [9.17, 15) is 19.5 Å². The molecular weight excluding hydrogens is 344 g/mol. The van der Waals surface area contributed by atoms with Gasteiger partial charge in [-0.15, -0.1) is 11.3 Å². The monoisotopic (exact) mass is 362 g/mol. The van der Waals surface area contributed by atoms with Crippen LogP contribution in [0.15, 0.2) is 26.8 Å². The smallest absolute Gasteiger partial charge is 0.333 e. The molecule has 2 aromatic heterocycles. The number of hydrazone groups is 1. The zero-order valence-corrected chi connectivity index (χ0v) is 15.1. The van der Waals surface area contributed by atoms with Crippen molar-refractivity contribution in [2.75, 3.05) is 0 Å². The first-order chi connectivity index (χ1) is 11.7. The molecule has 8 nitrogen and oxygen atoms in total. The van der Waals surface area contributed by atoms with Crippen molar-refractivity contribution in [3.63, 3.8) is 0 Å². The Morgan fingerprint density at radius 3 is 2.52 bits per heavy atom. The summed E-state index contributed by atoms with van der Waals surface area (Å²) in [6, 6.07) is 3.56. The van der Waals surface area contributed by atoms with Gasteiger partial charge in [0, 0.05) is 37.2 Å². The highest BCUT2D eigenvalue weighted by molar-refractivity contribution is 7.12. The lowest BCUT2D eigenvalue weighted by Gasteiger charge is -2.18. The molecule has 0 bridgehead atoms. The summed E-state index contributed by atoms with van der Waals surface area (Å²) in [4.78, 5) is 38.4. The molecule has 3 heterocycles. The average molecular weight is 362 g/mol. The molecule has 0 saturated carbocycles. The number of hydrogen-bond donors (Lipinski definition) is 1. The van der Waals surface area contributed by atoms with Crippen molar-refractivity contribution in [2.24, 2.45) is 19.2 Å². The van der Waals surface area contributed by atoms with E-state index in [1.807, 2.05) is 19.1 Å². The van der Waals surface area contributed by atoms with Gasteiger partial charge in [0.2, 0.25) is 11.8 Å². The zero-order chi connectivity index (χ0) is 18.5. The van der Waals surface area contributed by atoms with Crippen LogP contribution in [0.3, 0.4) is 0 Å². The molecule has 1 amide bonds. The predicted octanol–water partition coefficient (Wildman–Crippen LogP) is 0.857. The highest BCUT2D eigenvalue weighted by Crippen LogP contribution is 2.36. The number of aromatic hydroxyl groups is 1. The Kier molecular flexibility index (Phi) is 4.11. The fourth-order valence-electron chi connectivity index (χ4n) is 2.89. The highest BCUT2D eigenvalue weighted by atomic mass is 32.1. The molecule has 132 valence electrons. The van der Waals surface area contributed by atoms with Crippen molar-refractivity contribution < 1.29 is 9.90 Å². The molecule has 0 aromatic carbocycles. The first-order valence-electron chi connectivity index (χ1n) is 7.65. The second-order valence-electron chi connectivity index (χ2n) is 5.98. The van der Waals surface area contributed by atoms with Crippen LogP contribution in [0, 0.1) is 6.92 Å². The van der Waals surface area contributed by atoms with Crippen molar-refractivity contribution in [2.45, 2.75) is 26.3 Å². The molecule has 9 heteroatoms. The summed E-state index contributed by atoms with van der Waals surface area (Å²) in [6.45, 7) is 3.37. The Bertz CT molecular complexity index is 1010. The van der Waals surface area contributed by atoms with E-state index in [0.29, 0.717) is 12.1 Å². The van der Waals surface area contributed by atoms with Gasteiger partial charge in [0.05, 0.1) is 11.8 Å². The van der Waals surface area contributed by atoms with Gasteiger partial charge in [0.1, 0.15) is 5.56 Å². The van der Waals surface area contributed by atoms with Gasteiger partial charge in [-0.2, -0.15) is 5.10 Å². The molecule has 0 unspecified atom stereocenters. The molecule has 1 atom stereocenters. The van der Waals surface area contributed by atoms with Crippen LogP contribution in [0.2, 0.25) is 0 Å². The van der Waals surface area contributed by atoms with Crippen molar-refractivity contribution in [1.82, 2.24) is 14.1 Å². The molecule has 0 fully saturated rings. The second-order valence-corrected chi connectivity index (χ2v) is 7.30. The van der Waals surface area contributed by atoms with Crippen LogP contribution in [0.5, 0.6) is 5.88 Å². The van der Waals surface area contributed by atoms with Gasteiger partial charge in [-0.05, 0) is 19.1 Å². The number of nitrogens with zero attached hydrogens (tertiary/aromatic N) is 4. The van der Waals surface area contributed by atoms with Crippen molar-refractivity contribution in [1.29, 1.82) is 0 Å². The third-order valence-corrected chi connectivity index (χ3v) is 5.35. The van der Waals surface area contributed by atoms with E-state index < -0.39 is 17.1 Å². The zero-order valence-electron chi connectivity index (χ0n) is 14.3. The summed E-state index contributed by atoms with van der Waals surface area (Å²) < 4.78 is 1.90. The molecule has 0 radical (unpaired) electrons. The van der Waals surface area contributed by atoms with Crippen LogP contribution >= 0.6 is 11.3 Å². The number of carbonyl (C=O) groups is 1. The number of aryl methyl sites for hydroxylation is 1. The molecule has 1 N–H and O–H groups in total. The maximum absolute atomic E-state index is 12.5. The van der Waals surface area contributed by atoms with Crippen LogP contribution in [0.4, 0.5) is 0 Å². The molecule has 25 heavy (non-hydrogen) atoms. The molecule has 0 aliphatic carbocycles. The molecular formula is C16H18N4O4S. The van der Waals surface area contributed by atoms with Gasteiger partial charge >= 0.3 is 5.69 Å². The molecule has 1 aliphatic heterocycles. The minimum absolute atomic E-state index is 0.0494. The van der Waals surface area contributed by atoms with Crippen LogP contribution in [0.1, 0.15) is 34.7 Å². The number of carbonyl (C=O) groups excluding carboxylic acids is 1. The largest absolute Gasteiger partial charge is 0.494 e. The third kappa shape index (κ3) is 2.70. The standard InChI is InChI=1S/C16H18N4O4S/c1-8-5-6-12(25-8)11-7-10(17-20(11)9(2)21)13-14(22)18(3)16(24)19(4)15(13)23/h5-6,11,22H,7H2,1-4H3/t11-/m1/s1. The quantitative estimate of drug-likeness (QED) is 0.857. The number of rotatable bonds is 2. The fraction of sp³-hybridized carbons (Fsp3) is 0.375. The van der Waals surface area contributed by atoms with Gasteiger partial charge in [-0.3, -0.25) is 18.7 Å². The summed E-state index contributed by atoms with van der Waals surface area (Å²) >= 11 is 1.55. The topological polar surface area (TPSA) is 96.9 Å². The first kappa shape index (κ1) is 17.2. The first-order valence-corrected chi connectivity index (χ1v) is 8.47. The summed E-state index contributed by atoms with van der Waals surface area (Å²) in [7, 11) is 2.71. The second kappa shape index (κ2) is 5.99. The molecule has 1 aliphatic rings. The number of thiophene rings is 1. The van der Waals surface area contributed by atoms with Crippen LogP contribution in [0.25, 0.3) is 0 Å². The summed E-state index contributed by atoms with van der Waals surface area (Å²) in [5.41, 5.74) is -1.02. The maximum Gasteiger partial charge on any atom is 0.333 e. The van der Waals surface area contributed by atoms with Gasteiger partial charge in [-0.25, -0.2) is 9.80 Å². The van der Waals surface area contributed by atoms with E-state index in [1.165, 1.54) is 26.0 Å². The summed E-state index contributed by atoms with van der Waals surface area (Å²) in [5.74, 6) is -0.703. The van der Waals surface area contributed by atoms with E-state index in [4.69, 9.17) is 0 Å². The molecule has 0 spiro atoms. The molecule has 0 saturated heterocycles. The Morgan fingerprint density at radius 2 is 1.96 bits per heavy atom. The van der Waals surface area contributed by atoms with Gasteiger partial charge in [0.25, 0.3) is 5.56 Å². The number of amides is 1. The summed E-state index contributed by atoms with van der Waals surface area (Å²) in [5, 5.41) is 15.9. The Hall–Kier alpha value is -2.68. The maximum atomic E-state index is 12.5. The van der Waals surface area contributed by atoms with Crippen molar-refractivity contribution >= 4 is 23.0 Å². The van der Waals surface area contributed by atoms with E-state index in [1.54, 1.807) is 11.3 Å². The van der Waals surface area contributed by atoms with Crippen molar-refractivity contribution in [3.05, 3.63) is 48.3 Å². The lowest BCUT2D eigenvalue weighted by Crippen LogP contribution is -2.39. The Morgan fingerprint density at radius 1 is 1.28 bits per heavy atom. The minimum atomic E-state index is -0.633. The van der Waals surface area contributed by atoms with E-state index in [0.717, 1.165) is 18.9 Å².